The fraction of sp³-hybridized carbons (Fsp3) is 0.412. The van der Waals surface area contributed by atoms with Gasteiger partial charge in [-0.3, -0.25) is 0 Å². The number of fused-ring (bicyclic) bond motifs is 1. The van der Waals surface area contributed by atoms with Crippen molar-refractivity contribution in [2.45, 2.75) is 31.9 Å². The van der Waals surface area contributed by atoms with Crippen LogP contribution in [-0.4, -0.2) is 13.2 Å². The number of ether oxygens (including phenoxy) is 1. The molecule has 2 heteroatoms. The minimum absolute atomic E-state index is 0.423. The first-order chi connectivity index (χ1) is 9.36. The minimum atomic E-state index is -0.423. The van der Waals surface area contributed by atoms with E-state index in [1.165, 1.54) is 29.2 Å². The zero-order valence-corrected chi connectivity index (χ0v) is 11.4. The molecule has 1 atom stereocenters. The van der Waals surface area contributed by atoms with Gasteiger partial charge in [-0.05, 0) is 37.0 Å². The summed E-state index contributed by atoms with van der Waals surface area (Å²) in [4.78, 5) is 0. The van der Waals surface area contributed by atoms with E-state index in [0.29, 0.717) is 6.61 Å². The Hall–Kier alpha value is -1.38. The molecule has 1 aliphatic rings. The molecule has 2 aromatic carbocycles. The van der Waals surface area contributed by atoms with Crippen LogP contribution in [0, 0.1) is 0 Å². The van der Waals surface area contributed by atoms with Crippen LogP contribution in [0.4, 0.5) is 0 Å². The lowest BCUT2D eigenvalue weighted by atomic mass is 9.89. The maximum Gasteiger partial charge on any atom is 0.160 e. The average Bonchev–Trinajstić information content (AvgIpc) is 2.48. The Balaban J connectivity index is 2.14. The van der Waals surface area contributed by atoms with Crippen molar-refractivity contribution in [2.24, 2.45) is 0 Å². The molecular formula is C17H20NO. The third kappa shape index (κ3) is 2.26. The predicted molar refractivity (Wildman–Crippen MR) is 78.1 cm³/mol. The molecular weight excluding hydrogens is 234 g/mol. The predicted octanol–water partition coefficient (Wildman–Crippen LogP) is 3.82. The van der Waals surface area contributed by atoms with Crippen molar-refractivity contribution >= 4 is 10.8 Å². The van der Waals surface area contributed by atoms with Gasteiger partial charge >= 0.3 is 0 Å². The van der Waals surface area contributed by atoms with E-state index in [-0.39, 0.29) is 0 Å². The number of piperidine rings is 1. The van der Waals surface area contributed by atoms with Crippen LogP contribution in [0.1, 0.15) is 31.7 Å². The molecule has 1 heterocycles. The van der Waals surface area contributed by atoms with Crippen LogP contribution in [0.5, 0.6) is 0 Å². The Morgan fingerprint density at radius 3 is 2.74 bits per heavy atom. The lowest BCUT2D eigenvalue weighted by Gasteiger charge is -2.37. The first-order valence-corrected chi connectivity index (χ1v) is 7.16. The summed E-state index contributed by atoms with van der Waals surface area (Å²) in [5.41, 5.74) is 0.806. The highest BCUT2D eigenvalue weighted by molar-refractivity contribution is 5.86. The molecule has 0 aromatic heterocycles. The average molecular weight is 254 g/mol. The van der Waals surface area contributed by atoms with Gasteiger partial charge < -0.3 is 4.74 Å². The Morgan fingerprint density at radius 2 is 1.95 bits per heavy atom. The van der Waals surface area contributed by atoms with Crippen molar-refractivity contribution in [2.75, 3.05) is 13.2 Å². The van der Waals surface area contributed by atoms with Crippen LogP contribution in [0.2, 0.25) is 0 Å². The Kier molecular flexibility index (Phi) is 3.54. The summed E-state index contributed by atoms with van der Waals surface area (Å²) in [6.45, 7) is 3.66. The van der Waals surface area contributed by atoms with E-state index >= 15 is 0 Å². The summed E-state index contributed by atoms with van der Waals surface area (Å²) in [7, 11) is 0. The van der Waals surface area contributed by atoms with Crippen LogP contribution < -0.4 is 5.32 Å². The number of hydrogen-bond acceptors (Lipinski definition) is 1. The van der Waals surface area contributed by atoms with Gasteiger partial charge in [-0.15, -0.1) is 0 Å². The fourth-order valence-corrected chi connectivity index (χ4v) is 3.04. The number of rotatable bonds is 3. The number of nitrogens with zero attached hydrogens (tertiary/aromatic N) is 1. The highest BCUT2D eigenvalue weighted by atomic mass is 16.5. The Bertz CT molecular complexity index is 547. The molecule has 2 aromatic rings. The zero-order chi connectivity index (χ0) is 13.1. The van der Waals surface area contributed by atoms with Gasteiger partial charge in [0.15, 0.2) is 5.72 Å². The lowest BCUT2D eigenvalue weighted by Crippen LogP contribution is -2.43. The first-order valence-electron chi connectivity index (χ1n) is 7.16. The smallest absolute Gasteiger partial charge is 0.160 e. The van der Waals surface area contributed by atoms with Crippen LogP contribution >= 0.6 is 0 Å². The van der Waals surface area contributed by atoms with Crippen molar-refractivity contribution in [3.05, 3.63) is 48.0 Å². The van der Waals surface area contributed by atoms with E-state index in [4.69, 9.17) is 10.1 Å². The van der Waals surface area contributed by atoms with Gasteiger partial charge in [-0.1, -0.05) is 42.5 Å². The molecule has 1 unspecified atom stereocenters. The molecule has 3 rings (SSSR count). The largest absolute Gasteiger partial charge is 0.355 e. The standard InChI is InChI=1S/C17H20NO/c1-2-19-17(12-5-6-13-18-17)16-11-7-9-14-8-3-4-10-15(14)16/h3-4,7-11H,2,5-6,12-13H2,1H3. The quantitative estimate of drug-likeness (QED) is 0.816. The van der Waals surface area contributed by atoms with Gasteiger partial charge in [0, 0.05) is 18.7 Å². The molecule has 0 spiro atoms. The summed E-state index contributed by atoms with van der Waals surface area (Å²) in [5.74, 6) is 0. The molecule has 2 nitrogen and oxygen atoms in total. The zero-order valence-electron chi connectivity index (χ0n) is 11.4. The van der Waals surface area contributed by atoms with Crippen molar-refractivity contribution in [1.82, 2.24) is 5.32 Å². The first kappa shape index (κ1) is 12.6. The second-order valence-corrected chi connectivity index (χ2v) is 5.08. The topological polar surface area (TPSA) is 23.3 Å². The Labute approximate surface area is 114 Å². The maximum absolute atomic E-state index is 6.10. The highest BCUT2D eigenvalue weighted by Gasteiger charge is 2.36. The van der Waals surface area contributed by atoms with E-state index in [1.807, 2.05) is 0 Å². The monoisotopic (exact) mass is 254 g/mol. The lowest BCUT2D eigenvalue weighted by molar-refractivity contribution is -0.0912. The maximum atomic E-state index is 6.10. The Morgan fingerprint density at radius 1 is 1.11 bits per heavy atom. The summed E-state index contributed by atoms with van der Waals surface area (Å²) >= 11 is 0. The van der Waals surface area contributed by atoms with E-state index in [2.05, 4.69) is 49.4 Å². The highest BCUT2D eigenvalue weighted by Crippen LogP contribution is 2.37. The molecule has 0 bridgehead atoms. The third-order valence-corrected chi connectivity index (χ3v) is 3.88. The van der Waals surface area contributed by atoms with E-state index in [1.54, 1.807) is 0 Å². The molecule has 1 fully saturated rings. The van der Waals surface area contributed by atoms with E-state index in [0.717, 1.165) is 13.0 Å². The van der Waals surface area contributed by atoms with Crippen LogP contribution in [0.3, 0.4) is 0 Å². The molecule has 19 heavy (non-hydrogen) atoms. The molecule has 0 saturated carbocycles. The molecule has 0 N–H and O–H groups in total. The molecule has 1 radical (unpaired) electrons. The summed E-state index contributed by atoms with van der Waals surface area (Å²) in [6, 6.07) is 14.9. The molecule has 0 amide bonds. The molecule has 1 aliphatic heterocycles. The number of benzene rings is 2. The van der Waals surface area contributed by atoms with Crippen LogP contribution in [0.25, 0.3) is 10.8 Å². The van der Waals surface area contributed by atoms with E-state index < -0.39 is 5.72 Å². The van der Waals surface area contributed by atoms with Gasteiger partial charge in [0.05, 0.1) is 0 Å². The SMILES string of the molecule is CCOC1(c2cccc3ccccc23)CCCC[N]1. The molecule has 0 aliphatic carbocycles. The number of hydrogen-bond donors (Lipinski definition) is 0. The second-order valence-electron chi connectivity index (χ2n) is 5.08. The summed E-state index contributed by atoms with van der Waals surface area (Å²) in [5, 5.41) is 7.38. The molecule has 99 valence electrons. The molecule has 1 saturated heterocycles. The van der Waals surface area contributed by atoms with Gasteiger partial charge in [0.1, 0.15) is 0 Å². The van der Waals surface area contributed by atoms with Gasteiger partial charge in [-0.25, -0.2) is 5.32 Å². The van der Waals surface area contributed by atoms with Crippen molar-refractivity contribution < 1.29 is 4.74 Å². The van der Waals surface area contributed by atoms with E-state index in [9.17, 15) is 0 Å². The summed E-state index contributed by atoms with van der Waals surface area (Å²) in [6.07, 6.45) is 3.36. The van der Waals surface area contributed by atoms with Crippen molar-refractivity contribution in [1.29, 1.82) is 0 Å². The normalized spacial score (nSPS) is 23.6. The second kappa shape index (κ2) is 5.32. The van der Waals surface area contributed by atoms with Crippen LogP contribution in [0.15, 0.2) is 42.5 Å². The van der Waals surface area contributed by atoms with Crippen LogP contribution in [-0.2, 0) is 10.5 Å². The van der Waals surface area contributed by atoms with Crippen molar-refractivity contribution in [3.63, 3.8) is 0 Å². The fourth-order valence-electron chi connectivity index (χ4n) is 3.04. The summed E-state index contributed by atoms with van der Waals surface area (Å²) < 4.78 is 6.10. The minimum Gasteiger partial charge on any atom is -0.355 e. The van der Waals surface area contributed by atoms with Gasteiger partial charge in [0.2, 0.25) is 0 Å². The van der Waals surface area contributed by atoms with Gasteiger partial charge in [-0.2, -0.15) is 0 Å². The third-order valence-electron chi connectivity index (χ3n) is 3.88. The van der Waals surface area contributed by atoms with Crippen molar-refractivity contribution in [3.8, 4) is 0 Å². The van der Waals surface area contributed by atoms with Gasteiger partial charge in [0.25, 0.3) is 0 Å².